The lowest BCUT2D eigenvalue weighted by Gasteiger charge is -2.06. The number of fused-ring (bicyclic) bond motifs is 1. The minimum atomic E-state index is 0.313. The van der Waals surface area contributed by atoms with Crippen molar-refractivity contribution < 1.29 is 4.79 Å². The van der Waals surface area contributed by atoms with E-state index in [0.29, 0.717) is 24.5 Å². The van der Waals surface area contributed by atoms with Crippen molar-refractivity contribution in [3.63, 3.8) is 0 Å². The summed E-state index contributed by atoms with van der Waals surface area (Å²) in [4.78, 5) is 16.6. The average molecular weight is 291 g/mol. The molecule has 0 radical (unpaired) electrons. The van der Waals surface area contributed by atoms with Crippen molar-refractivity contribution in [3.05, 3.63) is 65.2 Å². The number of aliphatic imine (C=N–C) groups is 1. The van der Waals surface area contributed by atoms with Gasteiger partial charge in [0.05, 0.1) is 11.4 Å². The highest BCUT2D eigenvalue weighted by Crippen LogP contribution is 2.28. The molecule has 0 amide bonds. The summed E-state index contributed by atoms with van der Waals surface area (Å²) in [6.45, 7) is 4.16. The van der Waals surface area contributed by atoms with E-state index in [0.717, 1.165) is 28.9 Å². The molecule has 0 unspecified atom stereocenters. The van der Waals surface area contributed by atoms with E-state index in [-0.39, 0.29) is 0 Å². The predicted octanol–water partition coefficient (Wildman–Crippen LogP) is 4.52. The molecule has 0 atom stereocenters. The molecule has 0 aromatic heterocycles. The first-order valence-corrected chi connectivity index (χ1v) is 7.88. The van der Waals surface area contributed by atoms with Gasteiger partial charge in [0, 0.05) is 19.3 Å². The third-order valence-corrected chi connectivity index (χ3v) is 3.93. The van der Waals surface area contributed by atoms with Crippen LogP contribution >= 0.6 is 0 Å². The number of hydrogen-bond donors (Lipinski definition) is 0. The molecule has 112 valence electrons. The second kappa shape index (κ2) is 6.27. The van der Waals surface area contributed by atoms with E-state index in [9.17, 15) is 4.79 Å². The number of rotatable bonds is 5. The third kappa shape index (κ3) is 3.33. The van der Waals surface area contributed by atoms with Crippen molar-refractivity contribution >= 4 is 17.2 Å². The standard InChI is InChI=1S/C20H21NO/c1-14(2)11-18(22)12-15-7-9-16(10-8-15)20-13-17-5-3-4-6-19(17)21-20/h3-10,14H,11-13H2,1-2H3. The van der Waals surface area contributed by atoms with E-state index in [2.05, 4.69) is 56.3 Å². The van der Waals surface area contributed by atoms with Gasteiger partial charge < -0.3 is 0 Å². The molecule has 2 heteroatoms. The quantitative estimate of drug-likeness (QED) is 0.796. The van der Waals surface area contributed by atoms with Gasteiger partial charge in [-0.15, -0.1) is 0 Å². The van der Waals surface area contributed by atoms with Gasteiger partial charge >= 0.3 is 0 Å². The van der Waals surface area contributed by atoms with Crippen LogP contribution in [0.3, 0.4) is 0 Å². The minimum Gasteiger partial charge on any atom is -0.299 e. The molecule has 3 rings (SSSR count). The second-order valence-corrected chi connectivity index (χ2v) is 6.37. The maximum absolute atomic E-state index is 11.9. The first-order valence-electron chi connectivity index (χ1n) is 7.88. The number of para-hydroxylation sites is 1. The molecule has 2 nitrogen and oxygen atoms in total. The molecule has 0 saturated carbocycles. The van der Waals surface area contributed by atoms with E-state index < -0.39 is 0 Å². The zero-order chi connectivity index (χ0) is 15.5. The van der Waals surface area contributed by atoms with Gasteiger partial charge in [-0.1, -0.05) is 56.3 Å². The van der Waals surface area contributed by atoms with Gasteiger partial charge in [0.25, 0.3) is 0 Å². The van der Waals surface area contributed by atoms with Crippen LogP contribution in [0.1, 0.15) is 37.0 Å². The van der Waals surface area contributed by atoms with Crippen molar-refractivity contribution in [2.45, 2.75) is 33.1 Å². The van der Waals surface area contributed by atoms with Crippen LogP contribution in [0.15, 0.2) is 53.5 Å². The molecule has 1 aliphatic rings. The average Bonchev–Trinajstić information content (AvgIpc) is 2.91. The van der Waals surface area contributed by atoms with E-state index in [1.807, 2.05) is 6.07 Å². The number of carbonyl (C=O) groups excluding carboxylic acids is 1. The third-order valence-electron chi connectivity index (χ3n) is 3.93. The molecule has 0 fully saturated rings. The smallest absolute Gasteiger partial charge is 0.137 e. The first-order chi connectivity index (χ1) is 10.6. The number of ketones is 1. The van der Waals surface area contributed by atoms with Crippen molar-refractivity contribution in [1.82, 2.24) is 0 Å². The summed E-state index contributed by atoms with van der Waals surface area (Å²) in [7, 11) is 0. The van der Waals surface area contributed by atoms with Gasteiger partial charge in [-0.2, -0.15) is 0 Å². The van der Waals surface area contributed by atoms with E-state index in [1.54, 1.807) is 0 Å². The Morgan fingerprint density at radius 1 is 1.09 bits per heavy atom. The summed E-state index contributed by atoms with van der Waals surface area (Å²) in [6.07, 6.45) is 2.08. The van der Waals surface area contributed by atoms with Crippen LogP contribution in [0.4, 0.5) is 5.69 Å². The van der Waals surface area contributed by atoms with E-state index in [4.69, 9.17) is 4.99 Å². The van der Waals surface area contributed by atoms with Crippen LogP contribution in [0.5, 0.6) is 0 Å². The number of benzene rings is 2. The lowest BCUT2D eigenvalue weighted by atomic mass is 9.98. The molecule has 0 bridgehead atoms. The molecule has 0 saturated heterocycles. The first kappa shape index (κ1) is 14.7. The van der Waals surface area contributed by atoms with Gasteiger partial charge in [-0.05, 0) is 28.7 Å². The fourth-order valence-electron chi connectivity index (χ4n) is 2.87. The van der Waals surface area contributed by atoms with Crippen molar-refractivity contribution in [3.8, 4) is 0 Å². The summed E-state index contributed by atoms with van der Waals surface area (Å²) in [6, 6.07) is 16.5. The SMILES string of the molecule is CC(C)CC(=O)Cc1ccc(C2=Nc3ccccc3C2)cc1. The number of hydrogen-bond acceptors (Lipinski definition) is 2. The second-order valence-electron chi connectivity index (χ2n) is 6.37. The van der Waals surface area contributed by atoms with Crippen LogP contribution in [-0.2, 0) is 17.6 Å². The molecule has 0 aliphatic carbocycles. The Morgan fingerprint density at radius 3 is 2.50 bits per heavy atom. The largest absolute Gasteiger partial charge is 0.299 e. The van der Waals surface area contributed by atoms with E-state index in [1.165, 1.54) is 5.56 Å². The molecule has 2 aromatic carbocycles. The molecule has 1 aliphatic heterocycles. The van der Waals surface area contributed by atoms with Gasteiger partial charge in [-0.3, -0.25) is 9.79 Å². The van der Waals surface area contributed by atoms with Gasteiger partial charge in [0.15, 0.2) is 0 Å². The van der Waals surface area contributed by atoms with Crippen molar-refractivity contribution in [2.75, 3.05) is 0 Å². The molecule has 0 N–H and O–H groups in total. The normalized spacial score (nSPS) is 13.1. The Morgan fingerprint density at radius 2 is 1.82 bits per heavy atom. The highest BCUT2D eigenvalue weighted by molar-refractivity contribution is 6.06. The minimum absolute atomic E-state index is 0.313. The zero-order valence-corrected chi connectivity index (χ0v) is 13.2. The lowest BCUT2D eigenvalue weighted by Crippen LogP contribution is -2.07. The topological polar surface area (TPSA) is 29.4 Å². The highest BCUT2D eigenvalue weighted by atomic mass is 16.1. The number of carbonyl (C=O) groups is 1. The maximum Gasteiger partial charge on any atom is 0.137 e. The highest BCUT2D eigenvalue weighted by Gasteiger charge is 2.15. The Kier molecular flexibility index (Phi) is 4.19. The van der Waals surface area contributed by atoms with Crippen molar-refractivity contribution in [2.24, 2.45) is 10.9 Å². The number of nitrogens with zero attached hydrogens (tertiary/aromatic N) is 1. The Labute approximate surface area is 131 Å². The Bertz CT molecular complexity index is 711. The van der Waals surface area contributed by atoms with Crippen LogP contribution in [0, 0.1) is 5.92 Å². The molecule has 0 spiro atoms. The molecular weight excluding hydrogens is 270 g/mol. The summed E-state index contributed by atoms with van der Waals surface area (Å²) in [5.74, 6) is 0.742. The number of Topliss-reactive ketones (excluding diaryl/α,β-unsaturated/α-hetero) is 1. The van der Waals surface area contributed by atoms with Gasteiger partial charge in [-0.25, -0.2) is 0 Å². The van der Waals surface area contributed by atoms with Gasteiger partial charge in [0.2, 0.25) is 0 Å². The monoisotopic (exact) mass is 291 g/mol. The fraction of sp³-hybridized carbons (Fsp3) is 0.300. The summed E-state index contributed by atoms with van der Waals surface area (Å²) in [5, 5.41) is 0. The Hall–Kier alpha value is -2.22. The van der Waals surface area contributed by atoms with Gasteiger partial charge in [0.1, 0.15) is 5.78 Å². The summed E-state index contributed by atoms with van der Waals surface area (Å²) >= 11 is 0. The van der Waals surface area contributed by atoms with Crippen LogP contribution < -0.4 is 0 Å². The summed E-state index contributed by atoms with van der Waals surface area (Å²) in [5.41, 5.74) is 5.71. The maximum atomic E-state index is 11.9. The van der Waals surface area contributed by atoms with Crippen LogP contribution in [-0.4, -0.2) is 11.5 Å². The fourth-order valence-corrected chi connectivity index (χ4v) is 2.87. The Balaban J connectivity index is 1.70. The molecular formula is C20H21NO. The molecule has 2 aromatic rings. The predicted molar refractivity (Wildman–Crippen MR) is 91.0 cm³/mol. The molecule has 22 heavy (non-hydrogen) atoms. The zero-order valence-electron chi connectivity index (χ0n) is 13.2. The lowest BCUT2D eigenvalue weighted by molar-refractivity contribution is -0.119. The summed E-state index contributed by atoms with van der Waals surface area (Å²) < 4.78 is 0. The van der Waals surface area contributed by atoms with Crippen LogP contribution in [0.25, 0.3) is 0 Å². The molecule has 1 heterocycles. The van der Waals surface area contributed by atoms with Crippen LogP contribution in [0.2, 0.25) is 0 Å². The van der Waals surface area contributed by atoms with Crippen molar-refractivity contribution in [1.29, 1.82) is 0 Å². The van der Waals surface area contributed by atoms with E-state index >= 15 is 0 Å².